The van der Waals surface area contributed by atoms with Crippen molar-refractivity contribution in [2.24, 2.45) is 0 Å². The third-order valence-electron chi connectivity index (χ3n) is 5.01. The van der Waals surface area contributed by atoms with Crippen molar-refractivity contribution in [2.75, 3.05) is 0 Å². The van der Waals surface area contributed by atoms with Gasteiger partial charge in [-0.3, -0.25) is 4.79 Å². The van der Waals surface area contributed by atoms with Gasteiger partial charge in [0.15, 0.2) is 0 Å². The van der Waals surface area contributed by atoms with E-state index in [9.17, 15) is 4.79 Å². The van der Waals surface area contributed by atoms with Gasteiger partial charge in [0.2, 0.25) is 0 Å². The molecule has 2 aliphatic carbocycles. The summed E-state index contributed by atoms with van der Waals surface area (Å²) in [6, 6.07) is 8.80. The lowest BCUT2D eigenvalue weighted by Gasteiger charge is -2.39. The Bertz CT molecular complexity index is 472. The fourth-order valence-corrected chi connectivity index (χ4v) is 4.18. The highest BCUT2D eigenvalue weighted by Crippen LogP contribution is 2.32. The van der Waals surface area contributed by atoms with Gasteiger partial charge in [0.25, 0.3) is 5.91 Å². The van der Waals surface area contributed by atoms with Gasteiger partial charge in [-0.05, 0) is 49.9 Å². The fraction of sp³-hybridized carbons (Fsp3) is 0.611. The van der Waals surface area contributed by atoms with Gasteiger partial charge < -0.3 is 4.90 Å². The van der Waals surface area contributed by atoms with Crippen molar-refractivity contribution in [3.63, 3.8) is 0 Å². The van der Waals surface area contributed by atoms with E-state index in [4.69, 9.17) is 0 Å². The third-order valence-corrected chi connectivity index (χ3v) is 5.54. The molecule has 21 heavy (non-hydrogen) atoms. The number of halogens is 1. The highest BCUT2D eigenvalue weighted by molar-refractivity contribution is 9.10. The molecule has 0 heterocycles. The molecule has 2 nitrogen and oxygen atoms in total. The van der Waals surface area contributed by atoms with Crippen molar-refractivity contribution in [1.29, 1.82) is 0 Å². The summed E-state index contributed by atoms with van der Waals surface area (Å²) in [6.45, 7) is 0. The molecule has 1 amide bonds. The summed E-state index contributed by atoms with van der Waals surface area (Å²) < 4.78 is 1.03. The summed E-state index contributed by atoms with van der Waals surface area (Å²) in [5.74, 6) is 0.251. The summed E-state index contributed by atoms with van der Waals surface area (Å²) >= 11 is 3.45. The summed E-state index contributed by atoms with van der Waals surface area (Å²) in [6.07, 6.45) is 11.2. The Morgan fingerprint density at radius 2 is 1.33 bits per heavy atom. The number of carbonyl (C=O) groups is 1. The zero-order valence-corrected chi connectivity index (χ0v) is 14.1. The largest absolute Gasteiger partial charge is 0.333 e. The number of hydrogen-bond acceptors (Lipinski definition) is 1. The second kappa shape index (κ2) is 6.95. The molecule has 0 N–H and O–H groups in total. The molecule has 0 radical (unpaired) electrons. The standard InChI is InChI=1S/C18H24BrNO/c19-15-12-10-14(11-13-15)18(21)20(17-8-4-5-9-17)16-6-2-1-3-7-16/h10-13,16-17H,1-9H2. The van der Waals surface area contributed by atoms with Gasteiger partial charge in [0, 0.05) is 22.1 Å². The van der Waals surface area contributed by atoms with E-state index >= 15 is 0 Å². The van der Waals surface area contributed by atoms with Crippen molar-refractivity contribution in [3.05, 3.63) is 34.3 Å². The molecule has 0 aliphatic heterocycles. The molecular formula is C18H24BrNO. The van der Waals surface area contributed by atoms with Crippen LogP contribution in [0.5, 0.6) is 0 Å². The number of benzene rings is 1. The van der Waals surface area contributed by atoms with Crippen LogP contribution >= 0.6 is 15.9 Å². The number of carbonyl (C=O) groups excluding carboxylic acids is 1. The van der Waals surface area contributed by atoms with Gasteiger partial charge in [-0.1, -0.05) is 48.0 Å². The molecule has 2 saturated carbocycles. The van der Waals surface area contributed by atoms with Crippen LogP contribution in [0.2, 0.25) is 0 Å². The average molecular weight is 350 g/mol. The van der Waals surface area contributed by atoms with E-state index in [0.717, 1.165) is 10.0 Å². The molecule has 3 heteroatoms. The maximum Gasteiger partial charge on any atom is 0.254 e. The number of hydrogen-bond donors (Lipinski definition) is 0. The monoisotopic (exact) mass is 349 g/mol. The molecule has 3 rings (SSSR count). The Labute approximate surface area is 136 Å². The van der Waals surface area contributed by atoms with E-state index in [1.165, 1.54) is 57.8 Å². The summed E-state index contributed by atoms with van der Waals surface area (Å²) in [5.41, 5.74) is 0.843. The summed E-state index contributed by atoms with van der Waals surface area (Å²) in [7, 11) is 0. The number of nitrogens with zero attached hydrogens (tertiary/aromatic N) is 1. The number of amides is 1. The molecule has 0 bridgehead atoms. The predicted octanol–water partition coefficient (Wildman–Crippen LogP) is 5.17. The molecule has 2 aliphatic rings. The lowest BCUT2D eigenvalue weighted by Crippen LogP contribution is -2.47. The van der Waals surface area contributed by atoms with Crippen LogP contribution in [-0.2, 0) is 0 Å². The Morgan fingerprint density at radius 1 is 0.857 bits per heavy atom. The van der Waals surface area contributed by atoms with Crippen molar-refractivity contribution in [1.82, 2.24) is 4.90 Å². The van der Waals surface area contributed by atoms with Gasteiger partial charge >= 0.3 is 0 Å². The molecule has 0 saturated heterocycles. The number of rotatable bonds is 3. The highest BCUT2D eigenvalue weighted by Gasteiger charge is 2.33. The van der Waals surface area contributed by atoms with Crippen LogP contribution in [0.3, 0.4) is 0 Å². The second-order valence-corrected chi connectivity index (χ2v) is 7.37. The molecule has 1 aromatic carbocycles. The molecule has 2 fully saturated rings. The minimum Gasteiger partial charge on any atom is -0.333 e. The van der Waals surface area contributed by atoms with Gasteiger partial charge in [0.05, 0.1) is 0 Å². The average Bonchev–Trinajstić information content (AvgIpc) is 3.03. The van der Waals surface area contributed by atoms with Gasteiger partial charge in [-0.25, -0.2) is 0 Å². The normalized spacial score (nSPS) is 20.6. The zero-order chi connectivity index (χ0) is 14.7. The smallest absolute Gasteiger partial charge is 0.254 e. The Balaban J connectivity index is 1.82. The van der Waals surface area contributed by atoms with Crippen molar-refractivity contribution in [2.45, 2.75) is 69.9 Å². The van der Waals surface area contributed by atoms with Crippen LogP contribution in [0.15, 0.2) is 28.7 Å². The molecule has 0 atom stereocenters. The van der Waals surface area contributed by atoms with Crippen LogP contribution < -0.4 is 0 Å². The molecule has 0 unspecified atom stereocenters. The van der Waals surface area contributed by atoms with E-state index in [-0.39, 0.29) is 5.91 Å². The van der Waals surface area contributed by atoms with Crippen molar-refractivity contribution < 1.29 is 4.79 Å². The van der Waals surface area contributed by atoms with Crippen molar-refractivity contribution >= 4 is 21.8 Å². The lowest BCUT2D eigenvalue weighted by molar-refractivity contribution is 0.0518. The first-order valence-corrected chi connectivity index (χ1v) is 9.13. The third kappa shape index (κ3) is 3.50. The topological polar surface area (TPSA) is 20.3 Å². The second-order valence-electron chi connectivity index (χ2n) is 6.45. The van der Waals surface area contributed by atoms with E-state index in [0.29, 0.717) is 12.1 Å². The van der Waals surface area contributed by atoms with Crippen LogP contribution in [0.25, 0.3) is 0 Å². The maximum atomic E-state index is 13.1. The summed E-state index contributed by atoms with van der Waals surface area (Å²) in [5, 5.41) is 0. The van der Waals surface area contributed by atoms with E-state index in [2.05, 4.69) is 20.8 Å². The molecule has 114 valence electrons. The van der Waals surface area contributed by atoms with Gasteiger partial charge in [-0.15, -0.1) is 0 Å². The van der Waals surface area contributed by atoms with Gasteiger partial charge in [-0.2, -0.15) is 0 Å². The maximum absolute atomic E-state index is 13.1. The highest BCUT2D eigenvalue weighted by atomic mass is 79.9. The van der Waals surface area contributed by atoms with Crippen molar-refractivity contribution in [3.8, 4) is 0 Å². The minimum absolute atomic E-state index is 0.251. The quantitative estimate of drug-likeness (QED) is 0.737. The first kappa shape index (κ1) is 15.1. The van der Waals surface area contributed by atoms with E-state index in [1.807, 2.05) is 24.3 Å². The molecule has 1 aromatic rings. The fourth-order valence-electron chi connectivity index (χ4n) is 3.91. The molecule has 0 aromatic heterocycles. The van der Waals surface area contributed by atoms with E-state index < -0.39 is 0 Å². The Kier molecular flexibility index (Phi) is 4.99. The Morgan fingerprint density at radius 3 is 1.86 bits per heavy atom. The lowest BCUT2D eigenvalue weighted by atomic mass is 9.92. The van der Waals surface area contributed by atoms with E-state index in [1.54, 1.807) is 0 Å². The van der Waals surface area contributed by atoms with Crippen LogP contribution in [-0.4, -0.2) is 22.9 Å². The van der Waals surface area contributed by atoms with Crippen LogP contribution in [0.4, 0.5) is 0 Å². The SMILES string of the molecule is O=C(c1ccc(Br)cc1)N(C1CCCCC1)C1CCCC1. The van der Waals surface area contributed by atoms with Crippen LogP contribution in [0, 0.1) is 0 Å². The predicted molar refractivity (Wildman–Crippen MR) is 89.4 cm³/mol. The first-order valence-electron chi connectivity index (χ1n) is 8.34. The first-order chi connectivity index (χ1) is 10.3. The molecular weight excluding hydrogens is 326 g/mol. The summed E-state index contributed by atoms with van der Waals surface area (Å²) in [4.78, 5) is 15.3. The molecule has 0 spiro atoms. The zero-order valence-electron chi connectivity index (χ0n) is 12.6. The van der Waals surface area contributed by atoms with Crippen LogP contribution in [0.1, 0.15) is 68.1 Å². The Hall–Kier alpha value is -0.830. The minimum atomic E-state index is 0.251. The van der Waals surface area contributed by atoms with Gasteiger partial charge in [0.1, 0.15) is 0 Å².